The van der Waals surface area contributed by atoms with Crippen LogP contribution in [0, 0.1) is 55.4 Å². The highest BCUT2D eigenvalue weighted by atomic mass is 31.2. The Hall–Kier alpha value is -13.5. The molecule has 0 saturated carbocycles. The summed E-state index contributed by atoms with van der Waals surface area (Å²) >= 11 is 0. The molecule has 0 spiro atoms. The van der Waals surface area contributed by atoms with Crippen LogP contribution >= 0.6 is 14.5 Å². The molecule has 15 heteroatoms. The molecule has 0 aromatic heterocycles. The normalized spacial score (nSPS) is 20.8. The van der Waals surface area contributed by atoms with Gasteiger partial charge in [-0.05, 0) is 168 Å². The Balaban J connectivity index is 0.000000100. The molecule has 0 amide bonds. The van der Waals surface area contributed by atoms with Crippen LogP contribution in [0.2, 0.25) is 0 Å². The van der Waals surface area contributed by atoms with Crippen molar-refractivity contribution in [1.82, 2.24) is 0 Å². The second-order valence-electron chi connectivity index (χ2n) is 46.2. The number of fused-ring (bicyclic) bond motifs is 14. The van der Waals surface area contributed by atoms with E-state index in [1.54, 1.807) is 0 Å². The Kier molecular flexibility index (Phi) is 23.8. The molecule has 28 rings (SSSR count). The molecule has 0 bridgehead atoms. The van der Waals surface area contributed by atoms with Crippen molar-refractivity contribution in [1.29, 1.82) is 0 Å². The summed E-state index contributed by atoms with van der Waals surface area (Å²) < 4.78 is 29.8. The zero-order valence-corrected chi connectivity index (χ0v) is 92.7. The summed E-state index contributed by atoms with van der Waals surface area (Å²) in [6.07, 6.45) is 3.41. The molecule has 5 fully saturated rings. The summed E-state index contributed by atoms with van der Waals surface area (Å²) in [7, 11) is 10.7. The van der Waals surface area contributed by atoms with Gasteiger partial charge in [0, 0.05) is 99.5 Å². The van der Waals surface area contributed by atoms with Gasteiger partial charge in [0.05, 0.1) is 75.7 Å². The van der Waals surface area contributed by atoms with Crippen molar-refractivity contribution in [3.05, 3.63) is 411 Å². The van der Waals surface area contributed by atoms with E-state index in [-0.39, 0.29) is 5.91 Å². The first-order valence-corrected chi connectivity index (χ1v) is 58.3. The van der Waals surface area contributed by atoms with Gasteiger partial charge in [-0.3, -0.25) is 0 Å². The van der Waals surface area contributed by atoms with Crippen LogP contribution in [0.15, 0.2) is 322 Å². The topological polar surface area (TPSA) is 30.1 Å². The summed E-state index contributed by atoms with van der Waals surface area (Å²) in [4.78, 5) is 0. The average molecular weight is 1990 g/mol. The maximum atomic E-state index is 2.78. The zero-order chi connectivity index (χ0) is 103. The fourth-order valence-corrected chi connectivity index (χ4v) is 38.5. The number of benzene rings is 15. The Morgan fingerprint density at radius 3 is 0.818 bits per heavy atom. The van der Waals surface area contributed by atoms with Gasteiger partial charge >= 0.3 is 30.7 Å². The minimum atomic E-state index is -1.85. The van der Waals surface area contributed by atoms with Crippen LogP contribution in [0.1, 0.15) is 156 Å². The molecule has 15 aromatic carbocycles. The Morgan fingerprint density at radius 1 is 0.223 bits per heavy atom. The highest BCUT2D eigenvalue weighted by Gasteiger charge is 2.77. The van der Waals surface area contributed by atoms with Gasteiger partial charge in [0.15, 0.2) is 13.1 Å². The standard InChI is InChI=1S/C35H30N2P.C29H34N3.C27H30N2P.C25H26N3.C17H26N3/c1-24-12-9-13-25(2)32(24)37-34-30-21-11-15-26-14-10-20-29(31(26)30)33(34)36-22-23-38(35(36)37,27-16-5-3-6-17-27)28-18-7-4-8-19-28;1-18(2)21-12-9-13-22(19(3)4)26(21)31-28-24-15-8-11-20-10-7-14-23(25(20)24)27(28)30-16-17-32(5,6)29(30)31;1-20-12-11-13-21(2)26(20)29-23(4)22(3)28-18-19-30(27(28)29,24-14-7-5-8-15-24)25-16-9-6-10-17-25;1-16-8-5-9-17(2)22(16)27-24-20-13-7-11-18-10-6-12-19(21(18)20)23(24)26-14-15-28(3,4)25(26)27;1-12-8-7-9-13(2)16(12)19-15(4)14(3)18-10-11-20(5,6)17(18)19/h3-21,35H,22-23H2,1-2H3;7-15,18-19,29H,16-17H2,1-6H3;5-17,27H,18-19H2,1-4H3;5-13,25H,14-15H2,1-4H3;7-9,17H,10-11H2,1-6H3/q5*+3. The molecule has 5 atom stereocenters. The Bertz CT molecular complexity index is 8320. The van der Waals surface area contributed by atoms with Crippen molar-refractivity contribution < 1.29 is 59.2 Å². The second kappa shape index (κ2) is 36.5. The van der Waals surface area contributed by atoms with Crippen molar-refractivity contribution in [2.24, 2.45) is 0 Å². The van der Waals surface area contributed by atoms with Crippen molar-refractivity contribution in [3.63, 3.8) is 0 Å². The molecule has 13 aliphatic rings. The first-order chi connectivity index (χ1) is 71.4. The second-order valence-corrected chi connectivity index (χ2v) is 53.6. The van der Waals surface area contributed by atoms with Gasteiger partial charge < -0.3 is 0 Å². The maximum absolute atomic E-state index is 2.78. The lowest BCUT2D eigenvalue weighted by atomic mass is 9.92. The third kappa shape index (κ3) is 14.6. The molecular formula is C133H146N13P2+15. The lowest BCUT2D eigenvalue weighted by Crippen LogP contribution is -2.51. The van der Waals surface area contributed by atoms with Crippen LogP contribution in [0.3, 0.4) is 0 Å². The SMILES string of the molecule is CC(C)c1cccc(C(C)C)c1[N+]1=C2C(=[N+]3CC[N+](C)(C)C31)c1cccc3cccc2c13.CC1=[N+]2CC[N+](C)(C)C2[N+](c2c(C)cccc2C)=C1C.CC1=[N+]2CC[P+](c3ccccc3)(c3ccccc3)C2[N+](c2c(C)cccc2C)=C1C.Cc1cccc(C)c1[N+]1=C2C(=[N+]3CC[N+](C)(C)C31)c1cccc3cccc2c13.Cc1cccc(C)c1[N+]1=C2C(=[N+]3CC[P+](c4ccccc4)(c4ccccc4)C31)c1cccc3cccc2c13. The van der Waals surface area contributed by atoms with Crippen LogP contribution in [0.4, 0.5) is 28.4 Å². The monoisotopic (exact) mass is 1990 g/mol. The van der Waals surface area contributed by atoms with Gasteiger partial charge in [-0.1, -0.05) is 287 Å². The van der Waals surface area contributed by atoms with E-state index in [4.69, 9.17) is 0 Å². The van der Waals surface area contributed by atoms with Crippen molar-refractivity contribution >= 4 is 154 Å². The van der Waals surface area contributed by atoms with Gasteiger partial charge in [0.25, 0.3) is 51.4 Å². The molecule has 5 saturated heterocycles. The highest BCUT2D eigenvalue weighted by Crippen LogP contribution is 2.68. The molecular weight excluding hydrogens is 1840 g/mol. The van der Waals surface area contributed by atoms with Gasteiger partial charge in [0.1, 0.15) is 53.2 Å². The Morgan fingerprint density at radius 2 is 0.473 bits per heavy atom. The number of rotatable bonds is 11. The maximum Gasteiger partial charge on any atom is 0.479 e. The predicted octanol–water partition coefficient (Wildman–Crippen LogP) is 22.7. The lowest BCUT2D eigenvalue weighted by molar-refractivity contribution is -1.04. The van der Waals surface area contributed by atoms with Crippen LogP contribution in [0.5, 0.6) is 0 Å². The first-order valence-electron chi connectivity index (χ1n) is 54.2. The smallest absolute Gasteiger partial charge is 0.205 e. The fraction of sp³-hybridized carbons (Fsp3) is 0.293. The number of likely N-dealkylation sites (N-methyl/N-ethyl adjacent to an activating group) is 3. The predicted molar refractivity (Wildman–Crippen MR) is 620 cm³/mol. The third-order valence-corrected chi connectivity index (χ3v) is 44.9. The number of para-hydroxylation sites is 5. The van der Waals surface area contributed by atoms with E-state index in [1.807, 2.05) is 0 Å². The quantitative estimate of drug-likeness (QED) is 0.0702. The summed E-state index contributed by atoms with van der Waals surface area (Å²) in [5.41, 5.74) is 43.3. The first kappa shape index (κ1) is 96.7. The van der Waals surface area contributed by atoms with E-state index in [1.165, 1.54) is 247 Å². The van der Waals surface area contributed by atoms with Crippen LogP contribution in [0.25, 0.3) is 32.3 Å². The average Bonchev–Trinajstić information content (AvgIpc) is 1.51. The lowest BCUT2D eigenvalue weighted by Gasteiger charge is -2.24. The van der Waals surface area contributed by atoms with Crippen molar-refractivity contribution in [3.8, 4) is 0 Å². The molecule has 10 heterocycles. The number of quaternary nitrogens is 3. The third-order valence-electron chi connectivity index (χ3n) is 35.7. The summed E-state index contributed by atoms with van der Waals surface area (Å²) in [6.45, 7) is 45.6. The fourth-order valence-electron chi connectivity index (χ4n) is 28.7. The van der Waals surface area contributed by atoms with Gasteiger partial charge in [-0.15, -0.1) is 22.9 Å². The van der Waals surface area contributed by atoms with Crippen molar-refractivity contribution in [2.45, 2.75) is 153 Å². The van der Waals surface area contributed by atoms with Crippen molar-refractivity contribution in [2.75, 3.05) is 107 Å². The number of nitrogens with zero attached hydrogens (tertiary/aromatic N) is 13. The molecule has 15 aromatic rings. The molecule has 0 N–H and O–H groups in total. The zero-order valence-electron chi connectivity index (χ0n) is 90.9. The van der Waals surface area contributed by atoms with E-state index in [2.05, 4.69) is 520 Å². The minimum Gasteiger partial charge on any atom is -0.205 e. The number of aryl methyl sites for hydroxylation is 8. The highest BCUT2D eigenvalue weighted by molar-refractivity contribution is 7.90. The minimum absolute atomic E-state index is 0.251. The molecule has 13 nitrogen and oxygen atoms in total. The number of hydrogen-bond donors (Lipinski definition) is 0. The van der Waals surface area contributed by atoms with Gasteiger partial charge in [0.2, 0.25) is 68.3 Å². The number of hydrogen-bond acceptors (Lipinski definition) is 0. The van der Waals surface area contributed by atoms with Crippen LogP contribution in [-0.4, -0.2) is 254 Å². The molecule has 0 radical (unpaired) electrons. The van der Waals surface area contributed by atoms with Gasteiger partial charge in [-0.2, -0.15) is 0 Å². The van der Waals surface area contributed by atoms with E-state index < -0.39 is 14.5 Å². The van der Waals surface area contributed by atoms with E-state index in [9.17, 15) is 0 Å². The van der Waals surface area contributed by atoms with E-state index in [0.29, 0.717) is 36.6 Å². The molecule has 3 aliphatic carbocycles. The van der Waals surface area contributed by atoms with Gasteiger partial charge in [-0.25, -0.2) is 13.4 Å². The van der Waals surface area contributed by atoms with E-state index >= 15 is 0 Å². The summed E-state index contributed by atoms with van der Waals surface area (Å²) in [5.74, 6) is 1.54. The van der Waals surface area contributed by atoms with E-state index in [0.717, 1.165) is 59.3 Å². The van der Waals surface area contributed by atoms with Crippen LogP contribution < -0.4 is 21.2 Å². The summed E-state index contributed by atoms with van der Waals surface area (Å²) in [5, 5.41) is 14.3. The molecule has 10 aliphatic heterocycles. The molecule has 738 valence electrons. The summed E-state index contributed by atoms with van der Waals surface area (Å²) in [6, 6.07) is 120. The molecule has 148 heavy (non-hydrogen) atoms. The molecule has 5 unspecified atom stereocenters. The Labute approximate surface area is 877 Å². The van der Waals surface area contributed by atoms with Crippen LogP contribution in [-0.2, 0) is 0 Å². The largest absolute Gasteiger partial charge is 0.479 e.